The maximum atomic E-state index is 9.87. The topological polar surface area (TPSA) is 0 Å². The van der Waals surface area contributed by atoms with Crippen LogP contribution in [0.4, 0.5) is 25.2 Å². The molecular formula is H4F6GaP. The molecule has 0 radical (unpaired) electrons. The van der Waals surface area contributed by atoms with E-state index in [2.05, 4.69) is 0 Å². The largest absolute Gasteiger partial charge is 1.00 e. The van der Waals surface area contributed by atoms with Gasteiger partial charge in [0.15, 0.2) is 0 Å². The summed E-state index contributed by atoms with van der Waals surface area (Å²) < 4.78 is 59.2. The van der Waals surface area contributed by atoms with Crippen molar-refractivity contribution in [2.45, 2.75) is 0 Å². The summed E-state index contributed by atoms with van der Waals surface area (Å²) in [6, 6.07) is 0. The van der Waals surface area contributed by atoms with Crippen molar-refractivity contribution in [1.82, 2.24) is 0 Å². The van der Waals surface area contributed by atoms with Crippen molar-refractivity contribution in [2.75, 3.05) is 0 Å². The van der Waals surface area contributed by atoms with E-state index >= 15 is 0 Å². The van der Waals surface area contributed by atoms with E-state index in [0.29, 0.717) is 0 Å². The van der Waals surface area contributed by atoms with E-state index in [9.17, 15) is 25.2 Å². The third-order valence-corrected chi connectivity index (χ3v) is 0. The molecule has 0 aliphatic carbocycles. The molecule has 0 saturated carbocycles. The number of hydrogen-bond acceptors (Lipinski definition) is 0. The van der Waals surface area contributed by atoms with E-state index in [1.54, 1.807) is 0 Å². The molecule has 0 aliphatic heterocycles. The first-order valence-electron chi connectivity index (χ1n) is 1.01. The second-order valence-corrected chi connectivity index (χ2v) is 2.87. The Bertz CT molecular complexity index is 71.6. The van der Waals surface area contributed by atoms with E-state index < -0.39 is 7.81 Å². The molecule has 8 heavy (non-hydrogen) atoms. The van der Waals surface area contributed by atoms with E-state index in [4.69, 9.17) is 0 Å². The van der Waals surface area contributed by atoms with E-state index in [0.717, 1.165) is 0 Å². The SMILES string of the molecule is F[P-](F)(F)(F)(F)F.[GaH3].[H+]. The molecule has 0 nitrogen and oxygen atoms in total. The maximum Gasteiger partial charge on any atom is 1.00 e. The Hall–Kier alpha value is 0.646. The summed E-state index contributed by atoms with van der Waals surface area (Å²) in [5, 5.41) is 0. The Kier molecular flexibility index (Phi) is 1.97. The van der Waals surface area contributed by atoms with Crippen molar-refractivity contribution in [3.63, 3.8) is 0 Å². The van der Waals surface area contributed by atoms with Crippen LogP contribution in [-0.4, -0.2) is 19.8 Å². The van der Waals surface area contributed by atoms with Crippen molar-refractivity contribution in [1.29, 1.82) is 0 Å². The predicted molar refractivity (Wildman–Crippen MR) is 24.6 cm³/mol. The van der Waals surface area contributed by atoms with Crippen LogP contribution in [0.3, 0.4) is 0 Å². The van der Waals surface area contributed by atoms with Gasteiger partial charge in [-0.05, 0) is 0 Å². The Balaban J connectivity index is -0.000000180. The van der Waals surface area contributed by atoms with E-state index in [1.807, 2.05) is 0 Å². The molecule has 0 fully saturated rings. The summed E-state index contributed by atoms with van der Waals surface area (Å²) in [6.07, 6.45) is 0. The third-order valence-electron chi connectivity index (χ3n) is 0. The minimum absolute atomic E-state index is 0. The number of hydrogen-bond donors (Lipinski definition) is 0. The van der Waals surface area contributed by atoms with Crippen LogP contribution in [0.1, 0.15) is 1.43 Å². The first-order chi connectivity index (χ1) is 2.45. The molecule has 0 rings (SSSR count). The smallest absolute Gasteiger partial charge is 1.00 e. The monoisotopic (exact) mass is 218 g/mol. The van der Waals surface area contributed by atoms with E-state index in [-0.39, 0.29) is 21.2 Å². The van der Waals surface area contributed by atoms with Crippen molar-refractivity contribution < 1.29 is 26.6 Å². The van der Waals surface area contributed by atoms with Crippen molar-refractivity contribution >= 4 is 27.6 Å². The van der Waals surface area contributed by atoms with Crippen molar-refractivity contribution in [3.8, 4) is 0 Å². The normalized spacial score (nSPS) is 20.2. The zero-order chi connectivity index (χ0) is 6.41. The number of halogens is 6. The molecule has 0 spiro atoms. The van der Waals surface area contributed by atoms with E-state index in [1.165, 1.54) is 0 Å². The van der Waals surface area contributed by atoms with Crippen LogP contribution in [0.25, 0.3) is 0 Å². The summed E-state index contributed by atoms with van der Waals surface area (Å²) in [5.41, 5.74) is 0. The Morgan fingerprint density at radius 1 is 0.750 bits per heavy atom. The molecule has 0 atom stereocenters. The molecule has 0 saturated heterocycles. The third kappa shape index (κ3) is 507. The molecule has 0 amide bonds. The van der Waals surface area contributed by atoms with Gasteiger partial charge in [-0.15, -0.1) is 0 Å². The fourth-order valence-corrected chi connectivity index (χ4v) is 0. The van der Waals surface area contributed by atoms with Gasteiger partial charge in [-0.2, -0.15) is 0 Å². The van der Waals surface area contributed by atoms with Gasteiger partial charge in [0.2, 0.25) is 0 Å². The minimum Gasteiger partial charge on any atom is 1.00 e. The van der Waals surface area contributed by atoms with Crippen LogP contribution < -0.4 is 0 Å². The molecule has 54 valence electrons. The van der Waals surface area contributed by atoms with Crippen LogP contribution in [0, 0.1) is 0 Å². The minimum atomic E-state index is -10.7. The molecule has 0 aliphatic rings. The van der Waals surface area contributed by atoms with Crippen molar-refractivity contribution in [2.24, 2.45) is 0 Å². The van der Waals surface area contributed by atoms with Gasteiger partial charge in [0.05, 0.1) is 0 Å². The Labute approximate surface area is 55.0 Å². The average molecular weight is 219 g/mol. The quantitative estimate of drug-likeness (QED) is 0.333. The zero-order valence-corrected chi connectivity index (χ0v) is 3.61. The Morgan fingerprint density at radius 3 is 0.750 bits per heavy atom. The molecule has 0 heterocycles. The average Bonchev–Trinajstić information content (AvgIpc) is 0.592. The van der Waals surface area contributed by atoms with Gasteiger partial charge in [0.25, 0.3) is 0 Å². The summed E-state index contributed by atoms with van der Waals surface area (Å²) in [5.74, 6) is 0. The number of rotatable bonds is 0. The van der Waals surface area contributed by atoms with Crippen LogP contribution >= 0.6 is 7.81 Å². The van der Waals surface area contributed by atoms with Gasteiger partial charge in [-0.3, -0.25) is 0 Å². The second kappa shape index (κ2) is 1.38. The van der Waals surface area contributed by atoms with Gasteiger partial charge in [-0.1, -0.05) is 0 Å². The van der Waals surface area contributed by atoms with Crippen LogP contribution in [0.5, 0.6) is 0 Å². The first kappa shape index (κ1) is 11.4. The maximum absolute atomic E-state index is 10.7. The molecule has 8 heteroatoms. The fourth-order valence-electron chi connectivity index (χ4n) is 0. The Morgan fingerprint density at radius 2 is 0.750 bits per heavy atom. The summed E-state index contributed by atoms with van der Waals surface area (Å²) >= 11 is 0. The summed E-state index contributed by atoms with van der Waals surface area (Å²) in [4.78, 5) is 0. The van der Waals surface area contributed by atoms with Gasteiger partial charge in [0, 0.05) is 0 Å². The summed E-state index contributed by atoms with van der Waals surface area (Å²) in [6.45, 7) is 0. The molecule has 0 N–H and O–H groups in total. The molecule has 0 aromatic rings. The standard InChI is InChI=1S/F6P.Ga.3H/c1-7(2,3,4,5)6;;;;/q-1;;;;/p+1. The molecule has 0 aromatic carbocycles. The summed E-state index contributed by atoms with van der Waals surface area (Å²) in [7, 11) is -10.7. The van der Waals surface area contributed by atoms with Crippen LogP contribution in [0.2, 0.25) is 0 Å². The zero-order valence-electron chi connectivity index (χ0n) is 3.72. The first-order valence-corrected chi connectivity index (χ1v) is 3.04. The van der Waals surface area contributed by atoms with Crippen molar-refractivity contribution in [3.05, 3.63) is 0 Å². The van der Waals surface area contributed by atoms with Crippen LogP contribution in [-0.2, 0) is 0 Å². The predicted octanol–water partition coefficient (Wildman–Crippen LogP) is 2.31. The van der Waals surface area contributed by atoms with Crippen LogP contribution in [0.15, 0.2) is 0 Å². The second-order valence-electron chi connectivity index (χ2n) is 0.958. The van der Waals surface area contributed by atoms with Gasteiger partial charge in [-0.25, -0.2) is 0 Å². The molecule has 0 bridgehead atoms. The molecule has 0 unspecified atom stereocenters. The molecular weight excluding hydrogens is 215 g/mol. The van der Waals surface area contributed by atoms with Gasteiger partial charge < -0.3 is 0 Å². The fraction of sp³-hybridized carbons (Fsp3) is 0. The van der Waals surface area contributed by atoms with Gasteiger partial charge in [0.1, 0.15) is 0 Å². The van der Waals surface area contributed by atoms with Gasteiger partial charge >= 0.3 is 54.2 Å². The molecule has 0 aromatic heterocycles.